The first-order valence-electron chi connectivity index (χ1n) is 10.2. The summed E-state index contributed by atoms with van der Waals surface area (Å²) in [6.45, 7) is 4.33. The number of rotatable bonds is 11. The van der Waals surface area contributed by atoms with Crippen LogP contribution in [0.25, 0.3) is 0 Å². The minimum Gasteiger partial charge on any atom is -0.480 e. The van der Waals surface area contributed by atoms with Crippen LogP contribution in [0, 0.1) is 0 Å². The Balaban J connectivity index is 2.49. The molecule has 1 aromatic rings. The van der Waals surface area contributed by atoms with E-state index in [4.69, 9.17) is 17.7 Å². The standard InChI is InChI=1S/C19H28N2O2S/c1-15(11-12-24-14-18(20)19(22)23)7-6-8-16(2)13-21-17-9-4-3-5-10-17/h3-5,8-11,18,21H,6-7,12-14,20H2,1-2H3,(H,22,23)/b15-11+,16-8+/t18-/m0/s1/i3D,4D,5D,9D,10D. The second kappa shape index (κ2) is 11.8. The first-order chi connectivity index (χ1) is 13.6. The van der Waals surface area contributed by atoms with Crippen LogP contribution in [0.5, 0.6) is 0 Å². The number of nitrogens with one attached hydrogen (secondary N) is 1. The molecule has 0 fully saturated rings. The molecule has 0 aromatic heterocycles. The molecule has 132 valence electrons. The predicted molar refractivity (Wildman–Crippen MR) is 105 cm³/mol. The van der Waals surface area contributed by atoms with Gasteiger partial charge in [0.15, 0.2) is 0 Å². The Morgan fingerprint density at radius 2 is 2.04 bits per heavy atom. The van der Waals surface area contributed by atoms with Crippen molar-refractivity contribution < 1.29 is 16.8 Å². The van der Waals surface area contributed by atoms with Gasteiger partial charge in [0.25, 0.3) is 0 Å². The fraction of sp³-hybridized carbons (Fsp3) is 0.421. The Morgan fingerprint density at radius 3 is 2.71 bits per heavy atom. The molecule has 4 nitrogen and oxygen atoms in total. The van der Waals surface area contributed by atoms with Crippen molar-refractivity contribution in [2.45, 2.75) is 32.7 Å². The van der Waals surface area contributed by atoms with E-state index >= 15 is 0 Å². The molecule has 0 radical (unpaired) electrons. The summed E-state index contributed by atoms with van der Waals surface area (Å²) >= 11 is 1.48. The topological polar surface area (TPSA) is 75.3 Å². The van der Waals surface area contributed by atoms with Crippen molar-refractivity contribution in [1.29, 1.82) is 0 Å². The summed E-state index contributed by atoms with van der Waals surface area (Å²) in [7, 11) is 0. The molecule has 0 aliphatic carbocycles. The Kier molecular flexibility index (Phi) is 6.64. The van der Waals surface area contributed by atoms with Gasteiger partial charge < -0.3 is 16.2 Å². The lowest BCUT2D eigenvalue weighted by Crippen LogP contribution is -2.32. The van der Waals surface area contributed by atoms with E-state index in [1.54, 1.807) is 0 Å². The molecule has 0 saturated heterocycles. The summed E-state index contributed by atoms with van der Waals surface area (Å²) in [5.41, 5.74) is 7.76. The monoisotopic (exact) mass is 353 g/mol. The molecule has 0 saturated carbocycles. The fourth-order valence-electron chi connectivity index (χ4n) is 1.75. The number of nitrogens with two attached hydrogens (primary N) is 1. The molecule has 0 heterocycles. The van der Waals surface area contributed by atoms with Gasteiger partial charge in [0.05, 0.1) is 6.85 Å². The Morgan fingerprint density at radius 1 is 1.33 bits per heavy atom. The molecule has 1 rings (SSSR count). The van der Waals surface area contributed by atoms with Gasteiger partial charge in [0, 0.05) is 23.7 Å². The maximum absolute atomic E-state index is 10.6. The van der Waals surface area contributed by atoms with Crippen LogP contribution in [0.1, 0.15) is 33.5 Å². The zero-order chi connectivity index (χ0) is 22.1. The van der Waals surface area contributed by atoms with Crippen molar-refractivity contribution >= 4 is 23.4 Å². The zero-order valence-electron chi connectivity index (χ0n) is 19.1. The smallest absolute Gasteiger partial charge is 0.321 e. The molecule has 24 heavy (non-hydrogen) atoms. The fourth-order valence-corrected chi connectivity index (χ4v) is 2.69. The normalized spacial score (nSPS) is 16.5. The van der Waals surface area contributed by atoms with Gasteiger partial charge in [-0.2, -0.15) is 11.8 Å². The maximum atomic E-state index is 10.6. The maximum Gasteiger partial charge on any atom is 0.321 e. The molecule has 0 aliphatic rings. The van der Waals surface area contributed by atoms with Crippen LogP contribution in [0.4, 0.5) is 5.69 Å². The number of aliphatic carboxylic acids is 1. The van der Waals surface area contributed by atoms with Crippen LogP contribution in [0.3, 0.4) is 0 Å². The van der Waals surface area contributed by atoms with Crippen LogP contribution in [0.15, 0.2) is 53.5 Å². The molecular weight excluding hydrogens is 320 g/mol. The number of benzene rings is 1. The number of carboxylic acids is 1. The third-order valence-electron chi connectivity index (χ3n) is 3.24. The summed E-state index contributed by atoms with van der Waals surface area (Å²) in [4.78, 5) is 10.6. The number of hydrogen-bond acceptors (Lipinski definition) is 4. The zero-order valence-corrected chi connectivity index (χ0v) is 14.9. The summed E-state index contributed by atoms with van der Waals surface area (Å²) in [5.74, 6) is 0.101. The molecule has 4 N–H and O–H groups in total. The molecule has 1 atom stereocenters. The van der Waals surface area contributed by atoms with E-state index in [0.29, 0.717) is 18.1 Å². The van der Waals surface area contributed by atoms with Crippen LogP contribution < -0.4 is 11.1 Å². The van der Waals surface area contributed by atoms with Gasteiger partial charge >= 0.3 is 5.97 Å². The van der Waals surface area contributed by atoms with E-state index in [2.05, 4.69) is 11.4 Å². The van der Waals surface area contributed by atoms with Crippen molar-refractivity contribution in [2.24, 2.45) is 5.73 Å². The van der Waals surface area contributed by atoms with Gasteiger partial charge in [-0.25, -0.2) is 0 Å². The highest BCUT2D eigenvalue weighted by Crippen LogP contribution is 2.11. The number of anilines is 1. The number of para-hydroxylation sites is 1. The van der Waals surface area contributed by atoms with E-state index in [-0.39, 0.29) is 29.9 Å². The Labute approximate surface area is 156 Å². The lowest BCUT2D eigenvalue weighted by Gasteiger charge is -2.07. The largest absolute Gasteiger partial charge is 0.480 e. The lowest BCUT2D eigenvalue weighted by molar-refractivity contribution is -0.137. The minimum atomic E-state index is -0.990. The van der Waals surface area contributed by atoms with E-state index in [9.17, 15) is 4.79 Å². The van der Waals surface area contributed by atoms with Gasteiger partial charge in [-0.05, 0) is 38.8 Å². The summed E-state index contributed by atoms with van der Waals surface area (Å²) in [5, 5.41) is 11.7. The summed E-state index contributed by atoms with van der Waals surface area (Å²) in [6.07, 6.45) is 5.79. The van der Waals surface area contributed by atoms with Gasteiger partial charge in [-0.3, -0.25) is 4.79 Å². The average Bonchev–Trinajstić information content (AvgIpc) is 2.67. The summed E-state index contributed by atoms with van der Waals surface area (Å²) < 4.78 is 38.8. The molecule has 5 heteroatoms. The van der Waals surface area contributed by atoms with Crippen LogP contribution in [-0.2, 0) is 4.79 Å². The molecule has 0 unspecified atom stereocenters. The Hall–Kier alpha value is -1.72. The van der Waals surface area contributed by atoms with E-state index < -0.39 is 18.1 Å². The van der Waals surface area contributed by atoms with E-state index in [0.717, 1.165) is 18.4 Å². The van der Waals surface area contributed by atoms with E-state index in [1.807, 2.05) is 19.9 Å². The molecular formula is C19H28N2O2S. The molecule has 0 amide bonds. The summed E-state index contributed by atoms with van der Waals surface area (Å²) in [6, 6.07) is -2.40. The van der Waals surface area contributed by atoms with Crippen LogP contribution in [-0.4, -0.2) is 35.2 Å². The predicted octanol–water partition coefficient (Wildman–Crippen LogP) is 3.92. The van der Waals surface area contributed by atoms with Gasteiger partial charge in [0.1, 0.15) is 6.04 Å². The SMILES string of the molecule is [2H]c1c([2H])c([2H])c(NC/C(C)=C/CC/C(C)=C/CSC[C@H](N)C(=O)O)c([2H])c1[2H]. The number of allylic oxidation sites excluding steroid dienone is 2. The minimum absolute atomic E-state index is 0.108. The van der Waals surface area contributed by atoms with Gasteiger partial charge in [-0.1, -0.05) is 41.4 Å². The highest BCUT2D eigenvalue weighted by molar-refractivity contribution is 7.99. The third kappa shape index (κ3) is 9.43. The number of carbonyl (C=O) groups is 1. The first kappa shape index (κ1) is 13.6. The molecule has 1 aromatic carbocycles. The van der Waals surface area contributed by atoms with Crippen molar-refractivity contribution in [3.05, 3.63) is 53.5 Å². The van der Waals surface area contributed by atoms with Crippen molar-refractivity contribution in [2.75, 3.05) is 23.4 Å². The molecule has 0 aliphatic heterocycles. The van der Waals surface area contributed by atoms with Crippen LogP contribution >= 0.6 is 11.8 Å². The third-order valence-corrected chi connectivity index (χ3v) is 4.24. The molecule has 0 bridgehead atoms. The van der Waals surface area contributed by atoms with E-state index in [1.165, 1.54) is 17.3 Å². The number of hydrogen-bond donors (Lipinski definition) is 3. The van der Waals surface area contributed by atoms with Gasteiger partial charge in [0.2, 0.25) is 0 Å². The van der Waals surface area contributed by atoms with Crippen molar-refractivity contribution in [1.82, 2.24) is 0 Å². The second-order valence-corrected chi connectivity index (χ2v) is 6.55. The lowest BCUT2D eigenvalue weighted by atomic mass is 10.1. The average molecular weight is 354 g/mol. The number of thioether (sulfide) groups is 1. The van der Waals surface area contributed by atoms with Gasteiger partial charge in [-0.15, -0.1) is 0 Å². The van der Waals surface area contributed by atoms with Crippen molar-refractivity contribution in [3.63, 3.8) is 0 Å². The second-order valence-electron chi connectivity index (χ2n) is 5.48. The number of carboxylic acid groups (broad SMARTS) is 1. The Bertz CT molecular complexity index is 770. The highest BCUT2D eigenvalue weighted by Gasteiger charge is 2.09. The van der Waals surface area contributed by atoms with Crippen LogP contribution in [0.2, 0.25) is 0 Å². The highest BCUT2D eigenvalue weighted by atomic mass is 32.2. The van der Waals surface area contributed by atoms with Crippen molar-refractivity contribution in [3.8, 4) is 0 Å². The first-order valence-corrected chi connectivity index (χ1v) is 8.89. The molecule has 0 spiro atoms. The quantitative estimate of drug-likeness (QED) is 0.415.